The summed E-state index contributed by atoms with van der Waals surface area (Å²) in [7, 11) is -3.15. The van der Waals surface area contributed by atoms with Crippen LogP contribution in [0.25, 0.3) is 0 Å². The molecule has 0 bridgehead atoms. The molecule has 4 heteroatoms. The first-order valence-electron chi connectivity index (χ1n) is 9.63. The first-order valence-corrected chi connectivity index (χ1v) is 11.3. The van der Waals surface area contributed by atoms with Gasteiger partial charge in [0.2, 0.25) is 0 Å². The Balaban J connectivity index is 1.57. The van der Waals surface area contributed by atoms with Gasteiger partial charge >= 0.3 is 0 Å². The van der Waals surface area contributed by atoms with Gasteiger partial charge in [0.25, 0.3) is 0 Å². The Morgan fingerprint density at radius 2 is 1.58 bits per heavy atom. The quantitative estimate of drug-likeness (QED) is 0.645. The number of hydrogen-bond donors (Lipinski definition) is 0. The van der Waals surface area contributed by atoms with Gasteiger partial charge in [-0.25, -0.2) is 8.42 Å². The highest BCUT2D eigenvalue weighted by Crippen LogP contribution is 2.33. The SMILES string of the molecule is CCCS(=O)(=O)c1ccc(COc2ccc(C3CCCCC3)cc2)cc1. The summed E-state index contributed by atoms with van der Waals surface area (Å²) in [5.74, 6) is 1.75. The summed E-state index contributed by atoms with van der Waals surface area (Å²) >= 11 is 0. The minimum Gasteiger partial charge on any atom is -0.489 e. The fraction of sp³-hybridized carbons (Fsp3) is 0.455. The summed E-state index contributed by atoms with van der Waals surface area (Å²) in [4.78, 5) is 0.389. The number of ether oxygens (including phenoxy) is 1. The maximum absolute atomic E-state index is 12.1. The molecule has 0 spiro atoms. The first-order chi connectivity index (χ1) is 12.6. The van der Waals surface area contributed by atoms with Gasteiger partial charge in [-0.05, 0) is 60.6 Å². The molecule has 1 aliphatic rings. The van der Waals surface area contributed by atoms with Crippen molar-refractivity contribution in [2.75, 3.05) is 5.75 Å². The molecule has 0 aliphatic heterocycles. The zero-order valence-corrected chi connectivity index (χ0v) is 16.3. The van der Waals surface area contributed by atoms with Crippen molar-refractivity contribution in [2.45, 2.75) is 62.9 Å². The first kappa shape index (κ1) is 19.0. The summed E-state index contributed by atoms with van der Waals surface area (Å²) in [6, 6.07) is 15.5. The zero-order valence-electron chi connectivity index (χ0n) is 15.5. The van der Waals surface area contributed by atoms with Crippen LogP contribution in [0.3, 0.4) is 0 Å². The second-order valence-corrected chi connectivity index (χ2v) is 9.26. The van der Waals surface area contributed by atoms with Gasteiger partial charge in [0, 0.05) is 0 Å². The van der Waals surface area contributed by atoms with E-state index in [0.717, 1.165) is 11.3 Å². The minimum absolute atomic E-state index is 0.191. The molecule has 1 saturated carbocycles. The van der Waals surface area contributed by atoms with Crippen molar-refractivity contribution in [3.63, 3.8) is 0 Å². The maximum atomic E-state index is 12.1. The molecular formula is C22H28O3S. The van der Waals surface area contributed by atoms with E-state index in [2.05, 4.69) is 12.1 Å². The predicted molar refractivity (Wildman–Crippen MR) is 105 cm³/mol. The average Bonchev–Trinajstić information content (AvgIpc) is 2.68. The highest BCUT2D eigenvalue weighted by atomic mass is 32.2. The highest BCUT2D eigenvalue weighted by Gasteiger charge is 2.15. The Labute approximate surface area is 157 Å². The van der Waals surface area contributed by atoms with Gasteiger partial charge < -0.3 is 4.74 Å². The smallest absolute Gasteiger partial charge is 0.178 e. The van der Waals surface area contributed by atoms with Crippen LogP contribution in [0.5, 0.6) is 5.75 Å². The molecule has 0 N–H and O–H groups in total. The van der Waals surface area contributed by atoms with E-state index in [1.807, 2.05) is 31.2 Å². The van der Waals surface area contributed by atoms with E-state index in [1.165, 1.54) is 37.7 Å². The van der Waals surface area contributed by atoms with Gasteiger partial charge in [0.15, 0.2) is 9.84 Å². The zero-order chi connectivity index (χ0) is 18.4. The van der Waals surface area contributed by atoms with E-state index >= 15 is 0 Å². The summed E-state index contributed by atoms with van der Waals surface area (Å²) in [5.41, 5.74) is 2.39. The van der Waals surface area contributed by atoms with Crippen LogP contribution in [0.2, 0.25) is 0 Å². The molecule has 3 rings (SSSR count). The second kappa shape index (κ2) is 8.72. The Hall–Kier alpha value is -1.81. The third-order valence-corrected chi connectivity index (χ3v) is 7.05. The molecule has 140 valence electrons. The van der Waals surface area contributed by atoms with Gasteiger partial charge in [-0.1, -0.05) is 50.5 Å². The third-order valence-electron chi connectivity index (χ3n) is 5.12. The third kappa shape index (κ3) is 4.88. The molecular weight excluding hydrogens is 344 g/mol. The van der Waals surface area contributed by atoms with Crippen LogP contribution in [0, 0.1) is 0 Å². The van der Waals surface area contributed by atoms with Gasteiger partial charge in [-0.2, -0.15) is 0 Å². The Morgan fingerprint density at radius 3 is 2.19 bits per heavy atom. The molecule has 1 aliphatic carbocycles. The van der Waals surface area contributed by atoms with Crippen LogP contribution in [-0.4, -0.2) is 14.2 Å². The summed E-state index contributed by atoms with van der Waals surface area (Å²) < 4.78 is 30.0. The lowest BCUT2D eigenvalue weighted by Gasteiger charge is -2.22. The van der Waals surface area contributed by atoms with Crippen molar-refractivity contribution in [1.29, 1.82) is 0 Å². The fourth-order valence-corrected chi connectivity index (χ4v) is 4.94. The van der Waals surface area contributed by atoms with E-state index < -0.39 is 9.84 Å². The Kier molecular flexibility index (Phi) is 6.36. The highest BCUT2D eigenvalue weighted by molar-refractivity contribution is 7.91. The standard InChI is InChI=1S/C22H28O3S/c1-2-16-26(23,24)22-14-8-18(9-15-22)17-25-21-12-10-20(11-13-21)19-6-4-3-5-7-19/h8-15,19H,2-7,16-17H2,1H3. The maximum Gasteiger partial charge on any atom is 0.178 e. The number of sulfone groups is 1. The van der Waals surface area contributed by atoms with Crippen LogP contribution in [0.4, 0.5) is 0 Å². The number of benzene rings is 2. The lowest BCUT2D eigenvalue weighted by Crippen LogP contribution is -2.06. The predicted octanol–water partition coefficient (Wildman–Crippen LogP) is 5.50. The van der Waals surface area contributed by atoms with Gasteiger partial charge in [-0.3, -0.25) is 0 Å². The number of rotatable bonds is 7. The minimum atomic E-state index is -3.15. The lowest BCUT2D eigenvalue weighted by molar-refractivity contribution is 0.306. The molecule has 0 saturated heterocycles. The normalized spacial score (nSPS) is 15.7. The van der Waals surface area contributed by atoms with Crippen molar-refractivity contribution in [3.05, 3.63) is 59.7 Å². The average molecular weight is 373 g/mol. The van der Waals surface area contributed by atoms with Crippen LogP contribution in [0.15, 0.2) is 53.4 Å². The number of hydrogen-bond acceptors (Lipinski definition) is 3. The second-order valence-electron chi connectivity index (χ2n) is 7.16. The lowest BCUT2D eigenvalue weighted by atomic mass is 9.84. The molecule has 2 aromatic rings. The van der Waals surface area contributed by atoms with Crippen molar-refractivity contribution < 1.29 is 13.2 Å². The van der Waals surface area contributed by atoms with E-state index in [4.69, 9.17) is 4.74 Å². The van der Waals surface area contributed by atoms with Crippen LogP contribution < -0.4 is 4.74 Å². The molecule has 0 aromatic heterocycles. The van der Waals surface area contributed by atoms with E-state index in [-0.39, 0.29) is 5.75 Å². The molecule has 0 heterocycles. The van der Waals surface area contributed by atoms with Crippen molar-refractivity contribution in [2.24, 2.45) is 0 Å². The molecule has 3 nitrogen and oxygen atoms in total. The molecule has 2 aromatic carbocycles. The monoisotopic (exact) mass is 372 g/mol. The molecule has 0 unspecified atom stereocenters. The van der Waals surface area contributed by atoms with Gasteiger partial charge in [0.05, 0.1) is 10.6 Å². The van der Waals surface area contributed by atoms with E-state index in [1.54, 1.807) is 12.1 Å². The fourth-order valence-electron chi connectivity index (χ4n) is 3.62. The largest absolute Gasteiger partial charge is 0.489 e. The van der Waals surface area contributed by atoms with Crippen molar-refractivity contribution >= 4 is 9.84 Å². The van der Waals surface area contributed by atoms with Crippen LogP contribution in [0.1, 0.15) is 62.5 Å². The Morgan fingerprint density at radius 1 is 0.923 bits per heavy atom. The van der Waals surface area contributed by atoms with Gasteiger partial charge in [-0.15, -0.1) is 0 Å². The van der Waals surface area contributed by atoms with E-state index in [0.29, 0.717) is 23.8 Å². The molecule has 0 atom stereocenters. The Bertz CT molecular complexity index is 786. The summed E-state index contributed by atoms with van der Waals surface area (Å²) in [5, 5.41) is 0. The van der Waals surface area contributed by atoms with Crippen LogP contribution in [-0.2, 0) is 16.4 Å². The molecule has 0 radical (unpaired) electrons. The molecule has 26 heavy (non-hydrogen) atoms. The van der Waals surface area contributed by atoms with Crippen LogP contribution >= 0.6 is 0 Å². The molecule has 1 fully saturated rings. The molecule has 0 amide bonds. The van der Waals surface area contributed by atoms with Gasteiger partial charge in [0.1, 0.15) is 12.4 Å². The summed E-state index contributed by atoms with van der Waals surface area (Å²) in [6.45, 7) is 2.32. The van der Waals surface area contributed by atoms with Crippen molar-refractivity contribution in [3.8, 4) is 5.75 Å². The summed E-state index contributed by atoms with van der Waals surface area (Å²) in [6.07, 6.45) is 7.28. The topological polar surface area (TPSA) is 43.4 Å². The van der Waals surface area contributed by atoms with E-state index in [9.17, 15) is 8.42 Å². The van der Waals surface area contributed by atoms with Crippen molar-refractivity contribution in [1.82, 2.24) is 0 Å².